The van der Waals surface area contributed by atoms with Crippen LogP contribution in [-0.2, 0) is 21.6 Å². The van der Waals surface area contributed by atoms with Gasteiger partial charge in [-0.15, -0.1) is 0 Å². The van der Waals surface area contributed by atoms with E-state index in [0.29, 0.717) is 34.1 Å². The van der Waals surface area contributed by atoms with E-state index in [-0.39, 0.29) is 25.6 Å². The minimum atomic E-state index is -1.66. The first kappa shape index (κ1) is 28.6. The molecule has 204 valence electrons. The van der Waals surface area contributed by atoms with Crippen LogP contribution in [-0.4, -0.2) is 47.5 Å². The molecule has 1 aromatic heterocycles. The average molecular weight is 526 g/mol. The first-order valence-corrected chi connectivity index (χ1v) is 12.5. The Morgan fingerprint density at radius 1 is 0.947 bits per heavy atom. The molecule has 38 heavy (non-hydrogen) atoms. The van der Waals surface area contributed by atoms with Crippen LogP contribution in [0.2, 0.25) is 0 Å². The Labute approximate surface area is 222 Å². The van der Waals surface area contributed by atoms with Gasteiger partial charge in [0.1, 0.15) is 29.6 Å². The maximum Gasteiger partial charge on any atom is 0.318 e. The second-order valence-corrected chi connectivity index (χ2v) is 9.29. The van der Waals surface area contributed by atoms with Gasteiger partial charge in [0.15, 0.2) is 5.92 Å². The summed E-state index contributed by atoms with van der Waals surface area (Å²) < 4.78 is 23.3. The number of benzene rings is 2. The van der Waals surface area contributed by atoms with Crippen LogP contribution in [0, 0.1) is 5.92 Å². The minimum Gasteiger partial charge on any atom is -0.497 e. The molecule has 0 bridgehead atoms. The molecule has 0 spiro atoms. The maximum absolute atomic E-state index is 12.1. The lowest BCUT2D eigenvalue weighted by molar-refractivity contribution is -0.158. The van der Waals surface area contributed by atoms with Crippen molar-refractivity contribution < 1.29 is 38.7 Å². The van der Waals surface area contributed by atoms with E-state index in [1.165, 1.54) is 7.11 Å². The highest BCUT2D eigenvalue weighted by molar-refractivity contribution is 5.95. The summed E-state index contributed by atoms with van der Waals surface area (Å²) in [5, 5.41) is 20.5. The third-order valence-electron chi connectivity index (χ3n) is 6.87. The van der Waals surface area contributed by atoms with Crippen LogP contribution in [0.5, 0.6) is 23.0 Å². The number of rotatable bonds is 13. The Morgan fingerprint density at radius 2 is 1.55 bits per heavy atom. The Bertz CT molecular complexity index is 1290. The van der Waals surface area contributed by atoms with E-state index in [1.807, 2.05) is 32.0 Å². The van der Waals surface area contributed by atoms with E-state index < -0.39 is 23.3 Å². The van der Waals surface area contributed by atoms with Crippen LogP contribution in [0.15, 0.2) is 42.6 Å². The summed E-state index contributed by atoms with van der Waals surface area (Å²) in [5.41, 5.74) is 0.666. The summed E-state index contributed by atoms with van der Waals surface area (Å²) >= 11 is 0. The van der Waals surface area contributed by atoms with Crippen molar-refractivity contribution in [1.29, 1.82) is 0 Å². The predicted molar refractivity (Wildman–Crippen MR) is 142 cm³/mol. The van der Waals surface area contributed by atoms with Crippen LogP contribution >= 0.6 is 0 Å². The molecule has 2 N–H and O–H groups in total. The molecule has 0 aliphatic rings. The van der Waals surface area contributed by atoms with Gasteiger partial charge < -0.3 is 29.2 Å². The van der Waals surface area contributed by atoms with Crippen LogP contribution in [0.25, 0.3) is 10.9 Å². The molecule has 2 aromatic carbocycles. The molecule has 0 saturated heterocycles. The van der Waals surface area contributed by atoms with Crippen molar-refractivity contribution in [3.63, 3.8) is 0 Å². The number of hydrogen-bond acceptors (Lipinski definition) is 7. The summed E-state index contributed by atoms with van der Waals surface area (Å²) in [7, 11) is 3.10. The van der Waals surface area contributed by atoms with Gasteiger partial charge in [-0.3, -0.25) is 14.6 Å². The molecule has 1 heterocycles. The number of hydrogen-bond donors (Lipinski definition) is 2. The van der Waals surface area contributed by atoms with Gasteiger partial charge in [-0.1, -0.05) is 19.9 Å². The lowest BCUT2D eigenvalue weighted by Gasteiger charge is -2.37. The van der Waals surface area contributed by atoms with Gasteiger partial charge in [-0.05, 0) is 51.0 Å². The number of nitrogens with zero attached hydrogens (tertiary/aromatic N) is 1. The van der Waals surface area contributed by atoms with Crippen molar-refractivity contribution in [2.24, 2.45) is 5.92 Å². The van der Waals surface area contributed by atoms with E-state index >= 15 is 0 Å². The van der Waals surface area contributed by atoms with E-state index in [1.54, 1.807) is 45.4 Å². The van der Waals surface area contributed by atoms with Gasteiger partial charge in [0.05, 0.1) is 31.4 Å². The SMILES string of the molecule is CCC(CC)(c1ccc(OC)cc1OCc1cnc2ccc(OC)cc2c1OC(C)C)C(C(=O)O)C(=O)O. The molecule has 0 aliphatic carbocycles. The Kier molecular flexibility index (Phi) is 9.04. The monoisotopic (exact) mass is 525 g/mol. The molecule has 9 nitrogen and oxygen atoms in total. The number of fused-ring (bicyclic) bond motifs is 1. The van der Waals surface area contributed by atoms with Gasteiger partial charge in [0.2, 0.25) is 0 Å². The van der Waals surface area contributed by atoms with Crippen molar-refractivity contribution in [3.8, 4) is 23.0 Å². The fourth-order valence-corrected chi connectivity index (χ4v) is 4.88. The topological polar surface area (TPSA) is 124 Å². The Morgan fingerprint density at radius 3 is 2.11 bits per heavy atom. The predicted octanol–water partition coefficient (Wildman–Crippen LogP) is 5.46. The first-order valence-electron chi connectivity index (χ1n) is 12.5. The highest BCUT2D eigenvalue weighted by Gasteiger charge is 2.48. The normalized spacial score (nSPS) is 11.6. The molecule has 0 saturated carbocycles. The van der Waals surface area contributed by atoms with Crippen LogP contribution in [0.3, 0.4) is 0 Å². The largest absolute Gasteiger partial charge is 0.497 e. The molecule has 0 fully saturated rings. The number of ether oxygens (including phenoxy) is 4. The number of pyridine rings is 1. The van der Waals surface area contributed by atoms with Gasteiger partial charge in [-0.25, -0.2) is 0 Å². The highest BCUT2D eigenvalue weighted by atomic mass is 16.5. The molecule has 0 radical (unpaired) electrons. The molecule has 0 aliphatic heterocycles. The zero-order chi connectivity index (χ0) is 28.0. The molecule has 0 unspecified atom stereocenters. The minimum absolute atomic E-state index is 0.0384. The van der Waals surface area contributed by atoms with Gasteiger partial charge >= 0.3 is 11.9 Å². The summed E-state index contributed by atoms with van der Waals surface area (Å²) in [6.07, 6.45) is 2.09. The van der Waals surface area contributed by atoms with Gasteiger partial charge in [0.25, 0.3) is 0 Å². The summed E-state index contributed by atoms with van der Waals surface area (Å²) in [6, 6.07) is 10.5. The number of carbonyl (C=O) groups is 2. The van der Waals surface area contributed by atoms with Crippen LogP contribution in [0.1, 0.15) is 51.7 Å². The zero-order valence-corrected chi connectivity index (χ0v) is 22.6. The standard InChI is InChI=1S/C29H35NO8/c1-7-29(8-2,25(27(31)32)28(33)34)22-11-9-20(36-6)14-24(22)37-16-18-15-30-23-12-10-19(35-5)13-21(23)26(18)38-17(3)4/h9-15,17,25H,7-8,16H2,1-6H3,(H,31,32)(H,33,34). The zero-order valence-electron chi connectivity index (χ0n) is 22.6. The number of aliphatic carboxylic acids is 2. The number of carboxylic acid groups (broad SMARTS) is 2. The van der Waals surface area contributed by atoms with Crippen LogP contribution in [0.4, 0.5) is 0 Å². The van der Waals surface area contributed by atoms with Crippen molar-refractivity contribution in [3.05, 3.63) is 53.7 Å². The average Bonchev–Trinajstić information content (AvgIpc) is 2.90. The Balaban J connectivity index is 2.14. The summed E-state index contributed by atoms with van der Waals surface area (Å²) in [4.78, 5) is 28.8. The van der Waals surface area contributed by atoms with Crippen molar-refractivity contribution in [2.45, 2.75) is 58.7 Å². The molecule has 0 amide bonds. The van der Waals surface area contributed by atoms with Crippen LogP contribution < -0.4 is 18.9 Å². The summed E-state index contributed by atoms with van der Waals surface area (Å²) in [5.74, 6) is -2.38. The fraction of sp³-hybridized carbons (Fsp3) is 0.414. The number of carboxylic acids is 2. The molecule has 9 heteroatoms. The quantitative estimate of drug-likeness (QED) is 0.280. The van der Waals surface area contributed by atoms with E-state index in [2.05, 4.69) is 4.98 Å². The fourth-order valence-electron chi connectivity index (χ4n) is 4.88. The third kappa shape index (κ3) is 5.61. The first-order chi connectivity index (χ1) is 18.1. The molecular formula is C29H35NO8. The van der Waals surface area contributed by atoms with E-state index in [4.69, 9.17) is 18.9 Å². The number of methoxy groups -OCH3 is 2. The second kappa shape index (κ2) is 12.0. The van der Waals surface area contributed by atoms with Crippen molar-refractivity contribution >= 4 is 22.8 Å². The second-order valence-electron chi connectivity index (χ2n) is 9.29. The van der Waals surface area contributed by atoms with E-state index in [0.717, 1.165) is 10.9 Å². The third-order valence-corrected chi connectivity index (χ3v) is 6.87. The lowest BCUT2D eigenvalue weighted by Crippen LogP contribution is -2.44. The summed E-state index contributed by atoms with van der Waals surface area (Å²) in [6.45, 7) is 7.45. The van der Waals surface area contributed by atoms with Gasteiger partial charge in [-0.2, -0.15) is 0 Å². The Hall–Kier alpha value is -4.01. The molecular weight excluding hydrogens is 490 g/mol. The molecule has 0 atom stereocenters. The maximum atomic E-state index is 12.1. The van der Waals surface area contributed by atoms with Gasteiger partial charge in [0, 0.05) is 28.6 Å². The van der Waals surface area contributed by atoms with Crippen molar-refractivity contribution in [1.82, 2.24) is 4.98 Å². The van der Waals surface area contributed by atoms with E-state index in [9.17, 15) is 19.8 Å². The smallest absolute Gasteiger partial charge is 0.318 e. The lowest BCUT2D eigenvalue weighted by atomic mass is 9.66. The molecule has 3 aromatic rings. The highest BCUT2D eigenvalue weighted by Crippen LogP contribution is 2.45. The number of aromatic nitrogens is 1. The molecule has 3 rings (SSSR count). The van der Waals surface area contributed by atoms with Crippen molar-refractivity contribution in [2.75, 3.05) is 14.2 Å².